The highest BCUT2D eigenvalue weighted by molar-refractivity contribution is 7.89. The van der Waals surface area contributed by atoms with Crippen LogP contribution in [0.15, 0.2) is 41.3 Å². The Kier molecular flexibility index (Phi) is 6.18. The normalized spacial score (nSPS) is 16.5. The molecule has 10 heteroatoms. The van der Waals surface area contributed by atoms with Gasteiger partial charge in [0.25, 0.3) is 0 Å². The minimum atomic E-state index is -3.52. The Morgan fingerprint density at radius 2 is 1.79 bits per heavy atom. The van der Waals surface area contributed by atoms with Gasteiger partial charge in [0.1, 0.15) is 19.0 Å². The van der Waals surface area contributed by atoms with Crippen molar-refractivity contribution in [1.29, 1.82) is 0 Å². The summed E-state index contributed by atoms with van der Waals surface area (Å²) in [5.41, 5.74) is 2.09. The summed E-state index contributed by atoms with van der Waals surface area (Å²) in [6.07, 6.45) is 3.52. The lowest BCUT2D eigenvalue weighted by Crippen LogP contribution is -2.35. The van der Waals surface area contributed by atoms with E-state index in [9.17, 15) is 13.2 Å². The van der Waals surface area contributed by atoms with E-state index < -0.39 is 10.0 Å². The van der Waals surface area contributed by atoms with Crippen LogP contribution in [0, 0.1) is 0 Å². The molecule has 0 radical (unpaired) electrons. The fraction of sp³-hybridized carbons (Fsp3) is 0.417. The van der Waals surface area contributed by atoms with Crippen molar-refractivity contribution >= 4 is 32.7 Å². The second-order valence-corrected chi connectivity index (χ2v) is 10.5. The topological polar surface area (TPSA) is 103 Å². The fourth-order valence-corrected chi connectivity index (χ4v) is 5.98. The molecular formula is C24H28N4O5S. The number of anilines is 1. The average molecular weight is 485 g/mol. The lowest BCUT2D eigenvalue weighted by Gasteiger charge is -2.25. The molecule has 2 aliphatic heterocycles. The highest BCUT2D eigenvalue weighted by atomic mass is 32.2. The Morgan fingerprint density at radius 1 is 1.03 bits per heavy atom. The predicted molar refractivity (Wildman–Crippen MR) is 128 cm³/mol. The number of benzene rings is 2. The molecule has 2 aromatic carbocycles. The highest BCUT2D eigenvalue weighted by Crippen LogP contribution is 2.32. The molecule has 1 amide bonds. The average Bonchev–Trinajstić information content (AvgIpc) is 3.18. The number of piperidine rings is 1. The van der Waals surface area contributed by atoms with Gasteiger partial charge in [-0.2, -0.15) is 4.31 Å². The summed E-state index contributed by atoms with van der Waals surface area (Å²) in [6.45, 7) is 2.12. The number of aryl methyl sites for hydroxylation is 2. The zero-order valence-electron chi connectivity index (χ0n) is 19.1. The molecule has 34 heavy (non-hydrogen) atoms. The van der Waals surface area contributed by atoms with Crippen LogP contribution in [0.4, 0.5) is 5.69 Å². The smallest absolute Gasteiger partial charge is 0.243 e. The van der Waals surface area contributed by atoms with Gasteiger partial charge in [-0.15, -0.1) is 0 Å². The Hall–Kier alpha value is -3.11. The number of imidazole rings is 1. The lowest BCUT2D eigenvalue weighted by molar-refractivity contribution is -0.116. The second kappa shape index (κ2) is 9.27. The summed E-state index contributed by atoms with van der Waals surface area (Å²) < 4.78 is 40.6. The van der Waals surface area contributed by atoms with Crippen molar-refractivity contribution in [3.63, 3.8) is 0 Å². The maximum Gasteiger partial charge on any atom is 0.243 e. The first-order valence-corrected chi connectivity index (χ1v) is 13.0. The molecule has 0 saturated carbocycles. The monoisotopic (exact) mass is 484 g/mol. The largest absolute Gasteiger partial charge is 0.486 e. The van der Waals surface area contributed by atoms with Crippen molar-refractivity contribution in [3.05, 3.63) is 42.2 Å². The molecule has 0 unspecified atom stereocenters. The van der Waals surface area contributed by atoms with Crippen LogP contribution in [-0.4, -0.2) is 54.5 Å². The fourth-order valence-electron chi connectivity index (χ4n) is 4.44. The molecule has 180 valence electrons. The summed E-state index contributed by atoms with van der Waals surface area (Å²) in [6, 6.07) is 10.4. The van der Waals surface area contributed by atoms with Crippen LogP contribution in [0.3, 0.4) is 0 Å². The molecule has 3 heterocycles. The van der Waals surface area contributed by atoms with Crippen LogP contribution >= 0.6 is 0 Å². The van der Waals surface area contributed by atoms with Gasteiger partial charge in [-0.3, -0.25) is 4.79 Å². The second-order valence-electron chi connectivity index (χ2n) is 8.61. The van der Waals surface area contributed by atoms with Crippen LogP contribution in [0.2, 0.25) is 0 Å². The maximum atomic E-state index is 13.0. The van der Waals surface area contributed by atoms with E-state index in [1.165, 1.54) is 0 Å². The number of nitrogens with one attached hydrogen (secondary N) is 1. The van der Waals surface area contributed by atoms with Crippen molar-refractivity contribution in [2.24, 2.45) is 7.05 Å². The van der Waals surface area contributed by atoms with Crippen molar-refractivity contribution < 1.29 is 22.7 Å². The molecule has 0 atom stereocenters. The third kappa shape index (κ3) is 4.47. The van der Waals surface area contributed by atoms with E-state index in [0.29, 0.717) is 55.4 Å². The van der Waals surface area contributed by atoms with Crippen LogP contribution in [0.1, 0.15) is 31.5 Å². The minimum absolute atomic E-state index is 0.142. The van der Waals surface area contributed by atoms with Gasteiger partial charge in [0, 0.05) is 44.7 Å². The first kappa shape index (κ1) is 22.7. The molecular weight excluding hydrogens is 456 g/mol. The van der Waals surface area contributed by atoms with Gasteiger partial charge in [0.05, 0.1) is 15.9 Å². The van der Waals surface area contributed by atoms with E-state index in [1.807, 2.05) is 11.6 Å². The SMILES string of the molecule is Cn1c(CCC(=O)Nc2ccc3c(c2)OCCO3)nc2cc(S(=O)(=O)N3CCCCC3)ccc21. The molecule has 5 rings (SSSR count). The van der Waals surface area contributed by atoms with Crippen molar-refractivity contribution in [1.82, 2.24) is 13.9 Å². The van der Waals surface area contributed by atoms with Gasteiger partial charge in [-0.25, -0.2) is 13.4 Å². The van der Waals surface area contributed by atoms with Gasteiger partial charge in [0.2, 0.25) is 15.9 Å². The van der Waals surface area contributed by atoms with Crippen molar-refractivity contribution in [3.8, 4) is 11.5 Å². The summed E-state index contributed by atoms with van der Waals surface area (Å²) in [5, 5.41) is 2.88. The Labute approximate surface area is 198 Å². The number of fused-ring (bicyclic) bond motifs is 2. The molecule has 0 bridgehead atoms. The van der Waals surface area contributed by atoms with E-state index >= 15 is 0 Å². The molecule has 9 nitrogen and oxygen atoms in total. The molecule has 0 aliphatic carbocycles. The number of nitrogens with zero attached hydrogens (tertiary/aromatic N) is 3. The molecule has 1 fully saturated rings. The lowest BCUT2D eigenvalue weighted by atomic mass is 10.2. The standard InChI is InChI=1S/C24H28N4O5S/c1-27-20-7-6-18(34(30,31)28-11-3-2-4-12-28)16-19(20)26-23(27)9-10-24(29)25-17-5-8-21-22(15-17)33-14-13-32-21/h5-8,15-16H,2-4,9-14H2,1H3,(H,25,29). The Morgan fingerprint density at radius 3 is 2.59 bits per heavy atom. The summed E-state index contributed by atoms with van der Waals surface area (Å²) in [7, 11) is -1.65. The number of rotatable bonds is 6. The third-order valence-electron chi connectivity index (χ3n) is 6.30. The van der Waals surface area contributed by atoms with Gasteiger partial charge in [0.15, 0.2) is 11.5 Å². The van der Waals surface area contributed by atoms with Crippen LogP contribution < -0.4 is 14.8 Å². The van der Waals surface area contributed by atoms with Crippen LogP contribution in [0.5, 0.6) is 11.5 Å². The third-order valence-corrected chi connectivity index (χ3v) is 8.19. The number of carbonyl (C=O) groups excluding carboxylic acids is 1. The van der Waals surface area contributed by atoms with E-state index in [1.54, 1.807) is 40.7 Å². The molecule has 0 spiro atoms. The van der Waals surface area contributed by atoms with Crippen molar-refractivity contribution in [2.45, 2.75) is 37.0 Å². The molecule has 1 N–H and O–H groups in total. The van der Waals surface area contributed by atoms with E-state index in [4.69, 9.17) is 9.47 Å². The van der Waals surface area contributed by atoms with Gasteiger partial charge >= 0.3 is 0 Å². The van der Waals surface area contributed by atoms with Gasteiger partial charge in [-0.1, -0.05) is 6.42 Å². The van der Waals surface area contributed by atoms with E-state index in [0.717, 1.165) is 30.6 Å². The Balaban J connectivity index is 1.27. The van der Waals surface area contributed by atoms with E-state index in [2.05, 4.69) is 10.3 Å². The van der Waals surface area contributed by atoms with Crippen LogP contribution in [0.25, 0.3) is 11.0 Å². The molecule has 3 aromatic rings. The highest BCUT2D eigenvalue weighted by Gasteiger charge is 2.26. The zero-order valence-corrected chi connectivity index (χ0v) is 19.9. The first-order valence-electron chi connectivity index (χ1n) is 11.6. The number of amides is 1. The quantitative estimate of drug-likeness (QED) is 0.577. The minimum Gasteiger partial charge on any atom is -0.486 e. The summed E-state index contributed by atoms with van der Waals surface area (Å²) in [4.78, 5) is 17.4. The predicted octanol–water partition coefficient (Wildman–Crippen LogP) is 3.09. The summed E-state index contributed by atoms with van der Waals surface area (Å²) in [5.74, 6) is 1.87. The molecule has 2 aliphatic rings. The number of hydrogen-bond donors (Lipinski definition) is 1. The molecule has 1 saturated heterocycles. The van der Waals surface area contributed by atoms with Gasteiger partial charge < -0.3 is 19.4 Å². The number of sulfonamides is 1. The van der Waals surface area contributed by atoms with Crippen LogP contribution in [-0.2, 0) is 28.3 Å². The Bertz CT molecular complexity index is 1330. The van der Waals surface area contributed by atoms with Gasteiger partial charge in [-0.05, 0) is 43.2 Å². The summed E-state index contributed by atoms with van der Waals surface area (Å²) >= 11 is 0. The van der Waals surface area contributed by atoms with E-state index in [-0.39, 0.29) is 17.2 Å². The van der Waals surface area contributed by atoms with Crippen molar-refractivity contribution in [2.75, 3.05) is 31.6 Å². The zero-order chi connectivity index (χ0) is 23.7. The first-order chi connectivity index (χ1) is 16.4. The number of aromatic nitrogens is 2. The number of carbonyl (C=O) groups is 1. The number of hydrogen-bond acceptors (Lipinski definition) is 6. The molecule has 1 aromatic heterocycles. The maximum absolute atomic E-state index is 13.0. The number of ether oxygens (including phenoxy) is 2.